The van der Waals surface area contributed by atoms with Crippen molar-refractivity contribution >= 4 is 69.9 Å². The summed E-state index contributed by atoms with van der Waals surface area (Å²) in [5.41, 5.74) is 8.26. The number of ether oxygens (including phenoxy) is 3. The smallest absolute Gasteiger partial charge is 0.224 e. The molecule has 4 heterocycles. The Labute approximate surface area is 444 Å². The number of nitrogens with zero attached hydrogens (tertiary/aromatic N) is 7. The van der Waals surface area contributed by atoms with E-state index in [-0.39, 0.29) is 33.8 Å². The van der Waals surface area contributed by atoms with E-state index in [1.165, 1.54) is 6.08 Å². The summed E-state index contributed by atoms with van der Waals surface area (Å²) in [6, 6.07) is 21.8. The highest BCUT2D eigenvalue weighted by atomic mass is 35.5. The lowest BCUT2D eigenvalue weighted by molar-refractivity contribution is 0.0991. The van der Waals surface area contributed by atoms with E-state index in [9.17, 15) is 25.2 Å². The Morgan fingerprint density at radius 1 is 0.608 bits per heavy atom. The number of anilines is 3. The van der Waals surface area contributed by atoms with E-state index in [2.05, 4.69) is 56.1 Å². The molecular weight excluding hydrogens is 1010 g/mol. The Balaban J connectivity index is 0.000000206. The van der Waals surface area contributed by atoms with Gasteiger partial charge in [0.05, 0.1) is 75.0 Å². The molecule has 3 aromatic carbocycles. The van der Waals surface area contributed by atoms with Crippen LogP contribution in [0.3, 0.4) is 0 Å². The fourth-order valence-corrected chi connectivity index (χ4v) is 7.46. The average Bonchev–Trinajstić information content (AvgIpc) is 3.84. The summed E-state index contributed by atoms with van der Waals surface area (Å²) >= 11 is 17.9. The molecule has 0 aliphatic rings. The first-order chi connectivity index (χ1) is 35.2. The number of aliphatic hydroxyl groups is 4. The van der Waals surface area contributed by atoms with E-state index < -0.39 is 18.3 Å². The predicted molar refractivity (Wildman–Crippen MR) is 290 cm³/mol. The van der Waals surface area contributed by atoms with Gasteiger partial charge < -0.3 is 50.6 Å². The van der Waals surface area contributed by atoms with Gasteiger partial charge in [-0.3, -0.25) is 9.89 Å². The van der Waals surface area contributed by atoms with E-state index in [1.54, 1.807) is 84.7 Å². The second kappa shape index (κ2) is 27.8. The molecule has 7 rings (SSSR count). The highest BCUT2D eigenvalue weighted by Gasteiger charge is 2.16. The molecule has 7 aromatic rings. The normalized spacial score (nSPS) is 12.2. The molecule has 0 fully saturated rings. The van der Waals surface area contributed by atoms with Crippen molar-refractivity contribution in [1.82, 2.24) is 40.1 Å². The molecule has 0 spiro atoms. The van der Waals surface area contributed by atoms with Crippen molar-refractivity contribution in [2.24, 2.45) is 0 Å². The molecule has 0 unspecified atom stereocenters. The summed E-state index contributed by atoms with van der Waals surface area (Å²) in [5.74, 6) is 3.48. The minimum Gasteiger partial charge on any atom is -0.507 e. The van der Waals surface area contributed by atoms with Crippen LogP contribution < -0.4 is 30.2 Å². The molecule has 0 saturated heterocycles. The zero-order valence-corrected chi connectivity index (χ0v) is 44.6. The van der Waals surface area contributed by atoms with Crippen molar-refractivity contribution in [3.63, 3.8) is 0 Å². The second-order valence-corrected chi connectivity index (χ2v) is 18.1. The molecule has 0 bridgehead atoms. The van der Waals surface area contributed by atoms with E-state index in [1.807, 2.05) is 57.2 Å². The van der Waals surface area contributed by atoms with Crippen molar-refractivity contribution in [2.45, 2.75) is 66.3 Å². The number of hydrogen-bond acceptors (Lipinski definition) is 18. The van der Waals surface area contributed by atoms with E-state index in [4.69, 9.17) is 49.0 Å². The number of methoxy groups -OCH3 is 3. The van der Waals surface area contributed by atoms with Crippen LogP contribution in [0.1, 0.15) is 64.8 Å². The summed E-state index contributed by atoms with van der Waals surface area (Å²) < 4.78 is 15.8. The fraction of sp³-hybridized carbons (Fsp3) is 0.308. The fourth-order valence-electron chi connectivity index (χ4n) is 6.89. The standard InChI is InChI=1S/C18H20ClN5O2.2C17H20ClN3O3/c1-10-4-12(6-13(5-10)26-3)17-14(9-21-24-17)15-7-16(20-8-11(2)25)23-18(19)22-15;2*1-10-4-12(6-14(5-10)24-3)15(23)7-13-8-16(19-9-11(2)22)21-17(18)20-13/h4-7,9,11,25H,8H2,1-3H3,(H,21,24)(H,20,22,23);4-6,8,11,22H,7,9H2,1-3H3,(H,19,20,21);4-8,11,22-23H,9H2,1-3H3,(H,19,20,21)/b;;15-7+/t3*11-/m000/s1. The number of aromatic nitrogens is 8. The molecule has 22 heteroatoms. The van der Waals surface area contributed by atoms with Gasteiger partial charge in [-0.05, 0) is 148 Å². The molecule has 74 heavy (non-hydrogen) atoms. The number of benzene rings is 3. The number of aromatic amines is 1. The lowest BCUT2D eigenvalue weighted by atomic mass is 10.0. The van der Waals surface area contributed by atoms with Gasteiger partial charge in [0.1, 0.15) is 40.5 Å². The first kappa shape index (κ1) is 57.8. The molecule has 0 radical (unpaired) electrons. The minimum atomic E-state index is -0.524. The monoisotopic (exact) mass is 1070 g/mol. The molecule has 4 aromatic heterocycles. The van der Waals surface area contributed by atoms with E-state index >= 15 is 0 Å². The number of Topliss-reactive ketones (excluding diaryl/α,β-unsaturated/α-hetero) is 1. The van der Waals surface area contributed by atoms with Gasteiger partial charge in [0.2, 0.25) is 15.9 Å². The third-order valence-electron chi connectivity index (χ3n) is 10.2. The molecule has 0 saturated carbocycles. The number of carbonyl (C=O) groups excluding carboxylic acids is 1. The number of aliphatic hydroxyl groups excluding tert-OH is 4. The van der Waals surface area contributed by atoms with Crippen LogP contribution in [-0.4, -0.2) is 126 Å². The maximum atomic E-state index is 12.5. The number of carbonyl (C=O) groups is 1. The molecule has 0 amide bonds. The molecule has 3 atom stereocenters. The lowest BCUT2D eigenvalue weighted by Crippen LogP contribution is -2.16. The number of ketones is 1. The highest BCUT2D eigenvalue weighted by molar-refractivity contribution is 6.29. The summed E-state index contributed by atoms with van der Waals surface area (Å²) in [6.07, 6.45) is 1.74. The molecule has 8 N–H and O–H groups in total. The maximum Gasteiger partial charge on any atom is 0.224 e. The molecular formula is C52H60Cl3N11O8. The Morgan fingerprint density at radius 2 is 1.08 bits per heavy atom. The van der Waals surface area contributed by atoms with Crippen LogP contribution in [-0.2, 0) is 6.42 Å². The summed E-state index contributed by atoms with van der Waals surface area (Å²) in [6.45, 7) is 11.8. The van der Waals surface area contributed by atoms with Crippen molar-refractivity contribution in [3.8, 4) is 39.8 Å². The van der Waals surface area contributed by atoms with Crippen LogP contribution in [0.5, 0.6) is 17.2 Å². The van der Waals surface area contributed by atoms with Crippen molar-refractivity contribution in [1.29, 1.82) is 0 Å². The van der Waals surface area contributed by atoms with Crippen LogP contribution in [0, 0.1) is 20.8 Å². The Kier molecular flexibility index (Phi) is 21.7. The third-order valence-corrected chi connectivity index (χ3v) is 10.7. The number of halogens is 3. The van der Waals surface area contributed by atoms with Crippen LogP contribution in [0.4, 0.5) is 17.5 Å². The quantitative estimate of drug-likeness (QED) is 0.0213. The number of rotatable bonds is 19. The van der Waals surface area contributed by atoms with Gasteiger partial charge in [0.25, 0.3) is 0 Å². The van der Waals surface area contributed by atoms with Crippen molar-refractivity contribution < 1.29 is 39.4 Å². The summed E-state index contributed by atoms with van der Waals surface area (Å²) in [7, 11) is 4.77. The van der Waals surface area contributed by atoms with Crippen LogP contribution in [0.25, 0.3) is 34.3 Å². The number of hydrogen-bond donors (Lipinski definition) is 8. The zero-order valence-electron chi connectivity index (χ0n) is 42.3. The first-order valence-corrected chi connectivity index (χ1v) is 24.2. The van der Waals surface area contributed by atoms with Gasteiger partial charge in [-0.1, -0.05) is 0 Å². The molecule has 19 nitrogen and oxygen atoms in total. The third kappa shape index (κ3) is 18.4. The largest absolute Gasteiger partial charge is 0.507 e. The maximum absolute atomic E-state index is 12.5. The number of H-pyrrole nitrogens is 1. The predicted octanol–water partition coefficient (Wildman–Crippen LogP) is 9.26. The Morgan fingerprint density at radius 3 is 1.64 bits per heavy atom. The van der Waals surface area contributed by atoms with Gasteiger partial charge in [0, 0.05) is 66.2 Å². The Bertz CT molecular complexity index is 3030. The van der Waals surface area contributed by atoms with Crippen LogP contribution in [0.15, 0.2) is 79.0 Å². The topological polar surface area (TPSA) is 268 Å². The van der Waals surface area contributed by atoms with Crippen LogP contribution >= 0.6 is 34.8 Å². The zero-order chi connectivity index (χ0) is 54.1. The second-order valence-electron chi connectivity index (χ2n) is 17.1. The van der Waals surface area contributed by atoms with Crippen LogP contribution in [0.2, 0.25) is 15.9 Å². The number of aryl methyl sites for hydroxylation is 3. The number of nitrogens with one attached hydrogen (secondary N) is 4. The lowest BCUT2D eigenvalue weighted by Gasteiger charge is -2.10. The highest BCUT2D eigenvalue weighted by Crippen LogP contribution is 2.33. The minimum absolute atomic E-state index is 0.0354. The average molecular weight is 1070 g/mol. The molecule has 392 valence electrons. The SMILES string of the molecule is COc1cc(C)cc(-c2[nH]ncc2-c2cc(NC[C@H](C)O)nc(Cl)n2)c1.COc1cc(C)cc(/C(O)=C\c2cc(NC[C@H](C)O)nc(Cl)n2)c1.COc1cc(C)cc(C(=O)Cc2cc(NC[C@H](C)O)nc(Cl)n2)c1. The molecule has 0 aliphatic heterocycles. The van der Waals surface area contributed by atoms with Gasteiger partial charge in [-0.2, -0.15) is 5.10 Å². The van der Waals surface area contributed by atoms with Gasteiger partial charge in [-0.15, -0.1) is 0 Å². The van der Waals surface area contributed by atoms with Gasteiger partial charge in [-0.25, -0.2) is 29.9 Å². The van der Waals surface area contributed by atoms with Gasteiger partial charge in [0.15, 0.2) is 5.78 Å². The first-order valence-electron chi connectivity index (χ1n) is 23.0. The van der Waals surface area contributed by atoms with E-state index in [0.717, 1.165) is 39.3 Å². The Hall–Kier alpha value is -7.13. The summed E-state index contributed by atoms with van der Waals surface area (Å²) in [5, 5.41) is 54.8. The summed E-state index contributed by atoms with van der Waals surface area (Å²) in [4.78, 5) is 37.2. The molecule has 0 aliphatic carbocycles. The van der Waals surface area contributed by atoms with Crippen molar-refractivity contribution in [3.05, 3.63) is 134 Å². The van der Waals surface area contributed by atoms with Gasteiger partial charge >= 0.3 is 0 Å². The van der Waals surface area contributed by atoms with E-state index in [0.29, 0.717) is 76.8 Å². The van der Waals surface area contributed by atoms with Crippen molar-refractivity contribution in [2.75, 3.05) is 56.9 Å².